The van der Waals surface area contributed by atoms with E-state index in [2.05, 4.69) is 16.0 Å². The maximum atomic E-state index is 12.7. The SMILES string of the molecule is Cc1cccc(NCC(=O)Nc2ccc(C3CCN(C(=O)Nc4c(Cl)cccc4Cl)CC3)cc2)c1. The molecule has 1 fully saturated rings. The summed E-state index contributed by atoms with van der Waals surface area (Å²) >= 11 is 12.3. The lowest BCUT2D eigenvalue weighted by Crippen LogP contribution is -2.40. The molecule has 0 aliphatic carbocycles. The van der Waals surface area contributed by atoms with E-state index in [9.17, 15) is 9.59 Å². The normalized spacial score (nSPS) is 13.9. The van der Waals surface area contributed by atoms with Crippen LogP contribution in [-0.4, -0.2) is 36.5 Å². The minimum absolute atomic E-state index is 0.0998. The number of anilines is 3. The second-order valence-electron chi connectivity index (χ2n) is 8.68. The zero-order valence-corrected chi connectivity index (χ0v) is 21.0. The van der Waals surface area contributed by atoms with Crippen LogP contribution in [0, 0.1) is 6.92 Å². The summed E-state index contributed by atoms with van der Waals surface area (Å²) in [6.07, 6.45) is 1.71. The Hall–Kier alpha value is -3.22. The van der Waals surface area contributed by atoms with E-state index >= 15 is 0 Å². The van der Waals surface area contributed by atoms with E-state index in [0.29, 0.717) is 34.7 Å². The summed E-state index contributed by atoms with van der Waals surface area (Å²) in [6, 6.07) is 20.8. The third kappa shape index (κ3) is 6.68. The maximum absolute atomic E-state index is 12.7. The van der Waals surface area contributed by atoms with Crippen LogP contribution in [0.1, 0.15) is 29.9 Å². The highest BCUT2D eigenvalue weighted by molar-refractivity contribution is 6.39. The van der Waals surface area contributed by atoms with Crippen molar-refractivity contribution in [1.29, 1.82) is 0 Å². The van der Waals surface area contributed by atoms with E-state index in [1.54, 1.807) is 23.1 Å². The van der Waals surface area contributed by atoms with E-state index in [0.717, 1.165) is 29.8 Å². The minimum Gasteiger partial charge on any atom is -0.376 e. The number of aryl methyl sites for hydroxylation is 1. The largest absolute Gasteiger partial charge is 0.376 e. The molecular formula is C27H28Cl2N4O2. The van der Waals surface area contributed by atoms with Crippen LogP contribution in [0.5, 0.6) is 0 Å². The molecule has 1 aliphatic rings. The van der Waals surface area contributed by atoms with Gasteiger partial charge in [0.1, 0.15) is 0 Å². The Balaban J connectivity index is 1.25. The predicted octanol–water partition coefficient (Wildman–Crippen LogP) is 6.76. The number of benzene rings is 3. The zero-order chi connectivity index (χ0) is 24.8. The van der Waals surface area contributed by atoms with Crippen LogP contribution in [0.25, 0.3) is 0 Å². The summed E-state index contributed by atoms with van der Waals surface area (Å²) in [5, 5.41) is 9.73. The minimum atomic E-state index is -0.198. The first-order chi connectivity index (χ1) is 16.9. The van der Waals surface area contributed by atoms with Gasteiger partial charge in [-0.1, -0.05) is 53.5 Å². The summed E-state index contributed by atoms with van der Waals surface area (Å²) in [7, 11) is 0. The third-order valence-electron chi connectivity index (χ3n) is 6.11. The first-order valence-electron chi connectivity index (χ1n) is 11.6. The number of urea groups is 1. The molecule has 0 aromatic heterocycles. The van der Waals surface area contributed by atoms with Crippen LogP contribution < -0.4 is 16.0 Å². The van der Waals surface area contributed by atoms with Crippen molar-refractivity contribution >= 4 is 52.2 Å². The first kappa shape index (κ1) is 24.9. The van der Waals surface area contributed by atoms with Crippen molar-refractivity contribution in [1.82, 2.24) is 4.90 Å². The van der Waals surface area contributed by atoms with E-state index in [4.69, 9.17) is 23.2 Å². The molecule has 1 aliphatic heterocycles. The molecule has 3 N–H and O–H groups in total. The van der Waals surface area contributed by atoms with Gasteiger partial charge in [0.05, 0.1) is 22.3 Å². The van der Waals surface area contributed by atoms with Crippen molar-refractivity contribution in [3.05, 3.63) is 87.9 Å². The lowest BCUT2D eigenvalue weighted by Gasteiger charge is -2.32. The lowest BCUT2D eigenvalue weighted by atomic mass is 9.89. The number of carbonyl (C=O) groups excluding carboxylic acids is 2. The second kappa shape index (κ2) is 11.5. The number of halogens is 2. The summed E-state index contributed by atoms with van der Waals surface area (Å²) in [6.45, 7) is 3.50. The fourth-order valence-corrected chi connectivity index (χ4v) is 4.69. The molecular weight excluding hydrogens is 483 g/mol. The highest BCUT2D eigenvalue weighted by Gasteiger charge is 2.24. The molecule has 182 valence electrons. The van der Waals surface area contributed by atoms with Crippen LogP contribution in [0.15, 0.2) is 66.7 Å². The van der Waals surface area contributed by atoms with Gasteiger partial charge in [-0.05, 0) is 73.2 Å². The molecule has 1 heterocycles. The van der Waals surface area contributed by atoms with Gasteiger partial charge in [-0.25, -0.2) is 4.79 Å². The number of amides is 3. The molecule has 0 saturated carbocycles. The molecule has 3 amide bonds. The van der Waals surface area contributed by atoms with Gasteiger partial charge >= 0.3 is 6.03 Å². The van der Waals surface area contributed by atoms with Crippen LogP contribution in [-0.2, 0) is 4.79 Å². The van der Waals surface area contributed by atoms with E-state index in [1.165, 1.54) is 5.56 Å². The van der Waals surface area contributed by atoms with Gasteiger partial charge < -0.3 is 20.9 Å². The molecule has 0 radical (unpaired) electrons. The predicted molar refractivity (Wildman–Crippen MR) is 144 cm³/mol. The summed E-state index contributed by atoms with van der Waals surface area (Å²) in [5.74, 6) is 0.257. The molecule has 0 unspecified atom stereocenters. The number of carbonyl (C=O) groups is 2. The Labute approximate surface area is 215 Å². The second-order valence-corrected chi connectivity index (χ2v) is 9.50. The van der Waals surface area contributed by atoms with Gasteiger partial charge in [0.2, 0.25) is 5.91 Å². The molecule has 35 heavy (non-hydrogen) atoms. The maximum Gasteiger partial charge on any atom is 0.321 e. The molecule has 8 heteroatoms. The Kier molecular flexibility index (Phi) is 8.16. The Morgan fingerprint density at radius 2 is 1.54 bits per heavy atom. The van der Waals surface area contributed by atoms with E-state index in [1.807, 2.05) is 55.5 Å². The van der Waals surface area contributed by atoms with Gasteiger partial charge in [-0.15, -0.1) is 0 Å². The first-order valence-corrected chi connectivity index (χ1v) is 12.3. The monoisotopic (exact) mass is 510 g/mol. The third-order valence-corrected chi connectivity index (χ3v) is 6.74. The van der Waals surface area contributed by atoms with Crippen LogP contribution in [0.2, 0.25) is 10.0 Å². The quantitative estimate of drug-likeness (QED) is 0.342. The number of likely N-dealkylation sites (tertiary alicyclic amines) is 1. The fourth-order valence-electron chi connectivity index (χ4n) is 4.20. The Morgan fingerprint density at radius 1 is 0.886 bits per heavy atom. The molecule has 0 spiro atoms. The number of hydrogen-bond acceptors (Lipinski definition) is 3. The molecule has 1 saturated heterocycles. The molecule has 4 rings (SSSR count). The summed E-state index contributed by atoms with van der Waals surface area (Å²) in [4.78, 5) is 26.8. The van der Waals surface area contributed by atoms with Crippen LogP contribution in [0.3, 0.4) is 0 Å². The Bertz CT molecular complexity index is 1170. The number of nitrogens with one attached hydrogen (secondary N) is 3. The summed E-state index contributed by atoms with van der Waals surface area (Å²) in [5.41, 5.74) is 4.47. The standard InChI is InChI=1S/C27H28Cl2N4O2/c1-18-4-2-5-22(16-18)30-17-25(34)31-21-10-8-19(9-11-21)20-12-14-33(15-13-20)27(35)32-26-23(28)6-3-7-24(26)29/h2-11,16,20,30H,12-15,17H2,1H3,(H,31,34)(H,32,35). The number of para-hydroxylation sites is 1. The smallest absolute Gasteiger partial charge is 0.321 e. The number of piperidine rings is 1. The van der Waals surface area contributed by atoms with Gasteiger partial charge in [0, 0.05) is 24.5 Å². The van der Waals surface area contributed by atoms with Crippen molar-refractivity contribution in [2.75, 3.05) is 35.6 Å². The average molecular weight is 511 g/mol. The van der Waals surface area contributed by atoms with Crippen molar-refractivity contribution in [3.63, 3.8) is 0 Å². The van der Waals surface area contributed by atoms with Crippen molar-refractivity contribution in [2.24, 2.45) is 0 Å². The van der Waals surface area contributed by atoms with E-state index < -0.39 is 0 Å². The average Bonchev–Trinajstić information content (AvgIpc) is 2.86. The molecule has 3 aromatic rings. The van der Waals surface area contributed by atoms with Crippen molar-refractivity contribution in [3.8, 4) is 0 Å². The van der Waals surface area contributed by atoms with Gasteiger partial charge in [-0.2, -0.15) is 0 Å². The van der Waals surface area contributed by atoms with Crippen molar-refractivity contribution < 1.29 is 9.59 Å². The highest BCUT2D eigenvalue weighted by atomic mass is 35.5. The molecule has 0 atom stereocenters. The molecule has 3 aromatic carbocycles. The van der Waals surface area contributed by atoms with Gasteiger partial charge in [0.25, 0.3) is 0 Å². The fraction of sp³-hybridized carbons (Fsp3) is 0.259. The van der Waals surface area contributed by atoms with Gasteiger partial charge in [-0.3, -0.25) is 4.79 Å². The molecule has 6 nitrogen and oxygen atoms in total. The van der Waals surface area contributed by atoms with E-state index in [-0.39, 0.29) is 18.5 Å². The number of nitrogens with zero attached hydrogens (tertiary/aromatic N) is 1. The zero-order valence-electron chi connectivity index (χ0n) is 19.5. The van der Waals surface area contributed by atoms with Crippen LogP contribution >= 0.6 is 23.2 Å². The lowest BCUT2D eigenvalue weighted by molar-refractivity contribution is -0.114. The van der Waals surface area contributed by atoms with Crippen LogP contribution in [0.4, 0.5) is 21.9 Å². The van der Waals surface area contributed by atoms with Crippen molar-refractivity contribution in [2.45, 2.75) is 25.7 Å². The highest BCUT2D eigenvalue weighted by Crippen LogP contribution is 2.32. The summed E-state index contributed by atoms with van der Waals surface area (Å²) < 4.78 is 0. The topological polar surface area (TPSA) is 73.5 Å². The Morgan fingerprint density at radius 3 is 2.20 bits per heavy atom. The van der Waals surface area contributed by atoms with Gasteiger partial charge in [0.15, 0.2) is 0 Å². The number of hydrogen-bond donors (Lipinski definition) is 3. The number of rotatable bonds is 6. The molecule has 0 bridgehead atoms.